The molecule has 14 nitrogen and oxygen atoms in total. The lowest BCUT2D eigenvalue weighted by molar-refractivity contribution is 0.0658. The number of aryl methyl sites for hydroxylation is 2. The van der Waals surface area contributed by atoms with Crippen LogP contribution in [0.15, 0.2) is 80.8 Å². The van der Waals surface area contributed by atoms with Crippen LogP contribution in [0.3, 0.4) is 0 Å². The Morgan fingerprint density at radius 3 is 2.35 bits per heavy atom. The van der Waals surface area contributed by atoms with Crippen molar-refractivity contribution < 1.29 is 23.2 Å². The second-order valence-electron chi connectivity index (χ2n) is 17.5. The maximum absolute atomic E-state index is 15.3. The summed E-state index contributed by atoms with van der Waals surface area (Å²) in [5, 5.41) is 5.04. The summed E-state index contributed by atoms with van der Waals surface area (Å²) in [6.07, 6.45) is 2.65. The quantitative estimate of drug-likeness (QED) is 0.171. The molecular formula is C47H49FN8O6. The molecule has 3 fully saturated rings. The van der Waals surface area contributed by atoms with Crippen LogP contribution in [0.2, 0.25) is 0 Å². The van der Waals surface area contributed by atoms with Crippen LogP contribution in [0.4, 0.5) is 15.1 Å². The van der Waals surface area contributed by atoms with Crippen LogP contribution in [0, 0.1) is 25.6 Å². The number of H-pyrrole nitrogens is 1. The van der Waals surface area contributed by atoms with Gasteiger partial charge in [-0.15, -0.1) is 0 Å². The Morgan fingerprint density at radius 2 is 1.68 bits per heavy atom. The second-order valence-corrected chi connectivity index (χ2v) is 17.5. The third kappa shape index (κ3) is 6.22. The molecule has 4 atom stereocenters. The number of halogens is 1. The second kappa shape index (κ2) is 14.9. The number of aromatic amines is 1. The third-order valence-electron chi connectivity index (χ3n) is 13.9. The number of nitrogens with one attached hydrogen (secondary N) is 1. The van der Waals surface area contributed by atoms with E-state index < -0.39 is 17.3 Å². The zero-order valence-corrected chi connectivity index (χ0v) is 35.5. The number of ether oxygens (including phenoxy) is 1. The van der Waals surface area contributed by atoms with E-state index in [0.29, 0.717) is 71.7 Å². The number of urea groups is 1. The Morgan fingerprint density at radius 1 is 0.952 bits per heavy atom. The van der Waals surface area contributed by atoms with Gasteiger partial charge >= 0.3 is 11.8 Å². The van der Waals surface area contributed by atoms with E-state index in [0.717, 1.165) is 29.3 Å². The first kappa shape index (κ1) is 39.8. The first-order valence-electron chi connectivity index (χ1n) is 21.5. The normalized spacial score (nSPS) is 22.1. The molecule has 62 heavy (non-hydrogen) atoms. The summed E-state index contributed by atoms with van der Waals surface area (Å²) in [7, 11) is 0. The smallest absolute Gasteiger partial charge is 0.381 e. The number of fused-ring (bicyclic) bond motifs is 2. The number of amides is 3. The van der Waals surface area contributed by atoms with Crippen molar-refractivity contribution in [3.05, 3.63) is 138 Å². The highest BCUT2D eigenvalue weighted by Crippen LogP contribution is 2.56. The summed E-state index contributed by atoms with van der Waals surface area (Å²) >= 11 is 0. The SMILES string of the molecule is Cc1cc(-n2c(N3CCN([C@H](C)c4ccccc4)C3=O)nc3c(c2=O)CCN(C(=O)c2cc4cc(C5CCOCC5)ccc4n2[C@@]2(c4noc(=O)[nH]4)C[C@@H]2C)[C@@H]3C)cc(C)c1F. The number of hydrogen-bond donors (Lipinski definition) is 1. The van der Waals surface area contributed by atoms with Crippen molar-refractivity contribution in [2.24, 2.45) is 5.92 Å². The van der Waals surface area contributed by atoms with E-state index in [1.165, 1.54) is 15.0 Å². The van der Waals surface area contributed by atoms with Crippen molar-refractivity contribution in [2.45, 2.75) is 83.8 Å². The Bertz CT molecular complexity index is 2870. The monoisotopic (exact) mass is 840 g/mol. The fourth-order valence-electron chi connectivity index (χ4n) is 10.3. The molecule has 15 heteroatoms. The van der Waals surface area contributed by atoms with Crippen molar-refractivity contribution in [3.8, 4) is 5.69 Å². The van der Waals surface area contributed by atoms with Crippen LogP contribution in [-0.2, 0) is 16.7 Å². The maximum atomic E-state index is 15.3. The number of hydrogen-bond acceptors (Lipinski definition) is 8. The van der Waals surface area contributed by atoms with Gasteiger partial charge < -0.3 is 19.1 Å². The standard InChI is InChI=1S/C47H49FN8O6/c1-26-21-35(22-27(2)39(26)48)55-41(57)36-13-16-52(30(5)40(36)49-44(55)54-18-17-53(46(54)60)29(4)31-9-7-6-8-10-31)42(58)38-24-34-23-33(32-14-19-61-20-15-32)11-12-37(34)56(38)47(25-28(47)3)43-50-45(59)62-51-43/h6-12,21-24,28-30,32H,13-20,25H2,1-5H3,(H,50,51,59)/t28-,29+,30+,47-/m0/s1. The third-order valence-corrected chi connectivity index (χ3v) is 13.9. The summed E-state index contributed by atoms with van der Waals surface area (Å²) in [6, 6.07) is 20.0. The average Bonchev–Trinajstić information content (AvgIpc) is 3.60. The van der Waals surface area contributed by atoms with E-state index in [1.807, 2.05) is 54.8 Å². The molecule has 3 aromatic heterocycles. The Labute approximate surface area is 356 Å². The minimum absolute atomic E-state index is 0.0173. The number of benzene rings is 3. The Balaban J connectivity index is 1.08. The van der Waals surface area contributed by atoms with E-state index in [9.17, 15) is 14.4 Å². The average molecular weight is 841 g/mol. The molecule has 6 aromatic rings. The van der Waals surface area contributed by atoms with Gasteiger partial charge in [0.15, 0.2) is 5.82 Å². The van der Waals surface area contributed by atoms with Crippen molar-refractivity contribution in [2.75, 3.05) is 37.7 Å². The van der Waals surface area contributed by atoms with Gasteiger partial charge in [0, 0.05) is 49.3 Å². The molecule has 2 saturated heterocycles. The van der Waals surface area contributed by atoms with Crippen molar-refractivity contribution in [3.63, 3.8) is 0 Å². The van der Waals surface area contributed by atoms with Gasteiger partial charge in [0.2, 0.25) is 5.95 Å². The number of anilines is 1. The fraction of sp³-hybridized carbons (Fsp3) is 0.404. The molecule has 3 aliphatic heterocycles. The van der Waals surface area contributed by atoms with Gasteiger partial charge in [0.1, 0.15) is 17.1 Å². The number of nitrogens with zero attached hydrogens (tertiary/aromatic N) is 7. The summed E-state index contributed by atoms with van der Waals surface area (Å²) in [6.45, 7) is 11.5. The van der Waals surface area contributed by atoms with Crippen LogP contribution in [0.1, 0.15) is 108 Å². The molecule has 10 rings (SSSR count). The molecule has 3 amide bonds. The zero-order valence-electron chi connectivity index (χ0n) is 35.5. The van der Waals surface area contributed by atoms with Gasteiger partial charge in [-0.25, -0.2) is 23.5 Å². The Hall–Kier alpha value is -6.35. The predicted molar refractivity (Wildman–Crippen MR) is 229 cm³/mol. The van der Waals surface area contributed by atoms with Gasteiger partial charge in [0.25, 0.3) is 11.5 Å². The highest BCUT2D eigenvalue weighted by atomic mass is 19.1. The number of rotatable bonds is 8. The topological polar surface area (TPSA) is 152 Å². The summed E-state index contributed by atoms with van der Waals surface area (Å²) in [5.41, 5.74) is 4.16. The number of carbonyl (C=O) groups is 2. The minimum Gasteiger partial charge on any atom is -0.381 e. The molecule has 4 aliphatic rings. The molecular weight excluding hydrogens is 792 g/mol. The van der Waals surface area contributed by atoms with Crippen molar-refractivity contribution in [1.82, 2.24) is 34.1 Å². The van der Waals surface area contributed by atoms with E-state index in [-0.39, 0.29) is 60.7 Å². The van der Waals surface area contributed by atoms with Gasteiger partial charge in [-0.2, -0.15) is 0 Å². The van der Waals surface area contributed by atoms with E-state index in [1.54, 1.807) is 35.8 Å². The molecule has 1 saturated carbocycles. The molecule has 0 radical (unpaired) electrons. The molecule has 6 heterocycles. The molecule has 1 aliphatic carbocycles. The zero-order chi connectivity index (χ0) is 43.2. The van der Waals surface area contributed by atoms with Crippen LogP contribution in [0.5, 0.6) is 0 Å². The fourth-order valence-corrected chi connectivity index (χ4v) is 10.3. The lowest BCUT2D eigenvalue weighted by Crippen LogP contribution is -2.45. The highest BCUT2D eigenvalue weighted by Gasteiger charge is 2.59. The van der Waals surface area contributed by atoms with Gasteiger partial charge in [-0.1, -0.05) is 48.5 Å². The van der Waals surface area contributed by atoms with E-state index >= 15 is 9.18 Å². The lowest BCUT2D eigenvalue weighted by atomic mass is 9.91. The maximum Gasteiger partial charge on any atom is 0.438 e. The molecule has 0 unspecified atom stereocenters. The molecule has 1 N–H and O–H groups in total. The number of carbonyl (C=O) groups excluding carboxylic acids is 2. The summed E-state index contributed by atoms with van der Waals surface area (Å²) in [4.78, 5) is 70.0. The molecule has 320 valence electrons. The van der Waals surface area contributed by atoms with Gasteiger partial charge in [0.05, 0.1) is 23.5 Å². The molecule has 0 bridgehead atoms. The van der Waals surface area contributed by atoms with Gasteiger partial charge in [-0.3, -0.25) is 24.0 Å². The minimum atomic E-state index is -0.834. The van der Waals surface area contributed by atoms with Gasteiger partial charge in [-0.05, 0) is 118 Å². The predicted octanol–water partition coefficient (Wildman–Crippen LogP) is 7.06. The van der Waals surface area contributed by atoms with Crippen molar-refractivity contribution >= 4 is 28.8 Å². The van der Waals surface area contributed by atoms with Crippen molar-refractivity contribution in [1.29, 1.82) is 0 Å². The van der Waals surface area contributed by atoms with Crippen LogP contribution in [0.25, 0.3) is 16.6 Å². The first-order chi connectivity index (χ1) is 29.9. The van der Waals surface area contributed by atoms with E-state index in [4.69, 9.17) is 14.2 Å². The van der Waals surface area contributed by atoms with E-state index in [2.05, 4.69) is 35.3 Å². The van der Waals surface area contributed by atoms with Crippen LogP contribution >= 0.6 is 0 Å². The molecule has 0 spiro atoms. The largest absolute Gasteiger partial charge is 0.438 e. The van der Waals surface area contributed by atoms with Crippen LogP contribution < -0.4 is 16.2 Å². The summed E-state index contributed by atoms with van der Waals surface area (Å²) < 4.78 is 29.1. The summed E-state index contributed by atoms with van der Waals surface area (Å²) in [5.74, 6) is -0.486. The molecule has 3 aromatic carbocycles. The highest BCUT2D eigenvalue weighted by molar-refractivity contribution is 6.00. The Kier molecular flexibility index (Phi) is 9.57. The lowest BCUT2D eigenvalue weighted by Gasteiger charge is -2.36. The number of aromatic nitrogens is 5. The first-order valence-corrected chi connectivity index (χ1v) is 21.5. The van der Waals surface area contributed by atoms with Crippen LogP contribution in [-0.4, -0.2) is 78.8 Å².